The van der Waals surface area contributed by atoms with E-state index in [-0.39, 0.29) is 39.6 Å². The largest absolute Gasteiger partial charge is 0.573 e. The van der Waals surface area contributed by atoms with Gasteiger partial charge in [0.2, 0.25) is 0 Å². The van der Waals surface area contributed by atoms with Crippen molar-refractivity contribution in [1.82, 2.24) is 9.55 Å². The van der Waals surface area contributed by atoms with Gasteiger partial charge in [-0.1, -0.05) is 13.0 Å². The van der Waals surface area contributed by atoms with Crippen molar-refractivity contribution in [3.05, 3.63) is 95.5 Å². The van der Waals surface area contributed by atoms with E-state index in [9.17, 15) is 35.5 Å². The van der Waals surface area contributed by atoms with Crippen molar-refractivity contribution in [3.63, 3.8) is 0 Å². The number of hydrazine groups is 1. The van der Waals surface area contributed by atoms with Crippen LogP contribution in [0.1, 0.15) is 36.0 Å². The summed E-state index contributed by atoms with van der Waals surface area (Å²) in [5.74, 6) is 1.94. The van der Waals surface area contributed by atoms with Crippen LogP contribution in [0.15, 0.2) is 71.9 Å². The van der Waals surface area contributed by atoms with E-state index in [1.807, 2.05) is 0 Å². The molecule has 4 aromatic rings. The second kappa shape index (κ2) is 12.7. The normalized spacial score (nSPS) is 12.8. The maximum atomic E-state index is 15.0. The van der Waals surface area contributed by atoms with E-state index in [0.29, 0.717) is 0 Å². The Morgan fingerprint density at radius 1 is 1.07 bits per heavy atom. The maximum Gasteiger partial charge on any atom is 0.573 e. The van der Waals surface area contributed by atoms with E-state index < -0.39 is 62.9 Å². The van der Waals surface area contributed by atoms with Gasteiger partial charge in [0.1, 0.15) is 23.1 Å². The summed E-state index contributed by atoms with van der Waals surface area (Å²) < 4.78 is 112. The third kappa shape index (κ3) is 7.13. The summed E-state index contributed by atoms with van der Waals surface area (Å²) in [7, 11) is -3.99. The third-order valence-electron chi connectivity index (χ3n) is 7.04. The van der Waals surface area contributed by atoms with Crippen LogP contribution in [0.3, 0.4) is 0 Å². The van der Waals surface area contributed by atoms with Gasteiger partial charge in [0.05, 0.1) is 28.6 Å². The van der Waals surface area contributed by atoms with E-state index >= 15 is 4.39 Å². The number of sulfone groups is 1. The van der Waals surface area contributed by atoms with Crippen LogP contribution >= 0.6 is 0 Å². The number of benzene rings is 3. The Labute approximate surface area is 260 Å². The molecule has 3 aromatic carbocycles. The highest BCUT2D eigenvalue weighted by molar-refractivity contribution is 7.90. The number of hydrogen-bond acceptors (Lipinski definition) is 8. The third-order valence-corrected chi connectivity index (χ3v) is 8.21. The molecule has 9 nitrogen and oxygen atoms in total. The quantitative estimate of drug-likeness (QED) is 0.108. The average molecular weight is 670 g/mol. The van der Waals surface area contributed by atoms with Gasteiger partial charge in [-0.15, -0.1) is 13.2 Å². The second-order valence-corrected chi connectivity index (χ2v) is 12.1. The number of nitrogens with zero attached hydrogens (tertiary/aromatic N) is 3. The predicted octanol–water partition coefficient (Wildman–Crippen LogP) is 5.92. The standard InChI is InChI=1S/C30H29F6N5O4S/c1-4-29(32,33)28-15-40(17(2)39-28)24-10-7-19(20-11-23(31)22(16-42)27(13-20)46(3,43)44)12-25(24)41(38)26(14-37)18-5-8-21(9-6-18)45-30(34,35)36/h5-15,42H,4,16,37-38H2,1-3H3/b26-14-. The van der Waals surface area contributed by atoms with Gasteiger partial charge in [0.15, 0.2) is 9.84 Å². The van der Waals surface area contributed by atoms with E-state index in [1.54, 1.807) is 0 Å². The SMILES string of the molecule is CCC(F)(F)c1cn(-c2ccc(-c3cc(F)c(CO)c(S(C)(=O)=O)c3)cc2N(N)/C(=C\N)c2ccc(OC(F)(F)F)cc2)c(C)n1. The summed E-state index contributed by atoms with van der Waals surface area (Å²) in [6, 6.07) is 11.1. The zero-order valence-electron chi connectivity index (χ0n) is 24.6. The van der Waals surface area contributed by atoms with Gasteiger partial charge in [-0.05, 0) is 66.6 Å². The van der Waals surface area contributed by atoms with Crippen LogP contribution in [-0.2, 0) is 22.4 Å². The molecule has 1 heterocycles. The number of imidazole rings is 1. The topological polar surface area (TPSA) is 137 Å². The molecule has 0 bridgehead atoms. The Bertz CT molecular complexity index is 1890. The van der Waals surface area contributed by atoms with Gasteiger partial charge in [-0.3, -0.25) is 5.01 Å². The molecule has 4 rings (SSSR count). The summed E-state index contributed by atoms with van der Waals surface area (Å²) in [5.41, 5.74) is 5.81. The number of aliphatic hydroxyl groups excluding tert-OH is 1. The Kier molecular flexibility index (Phi) is 9.47. The summed E-state index contributed by atoms with van der Waals surface area (Å²) in [6.45, 7) is 1.90. The van der Waals surface area contributed by atoms with Gasteiger partial charge < -0.3 is 20.1 Å². The number of aliphatic hydroxyl groups is 1. The molecular weight excluding hydrogens is 640 g/mol. The van der Waals surface area contributed by atoms with E-state index in [2.05, 4.69) is 9.72 Å². The highest BCUT2D eigenvalue weighted by atomic mass is 32.2. The molecule has 0 radical (unpaired) electrons. The molecule has 246 valence electrons. The number of rotatable bonds is 10. The van der Waals surface area contributed by atoms with E-state index in [0.717, 1.165) is 41.9 Å². The minimum atomic E-state index is -4.93. The summed E-state index contributed by atoms with van der Waals surface area (Å²) >= 11 is 0. The zero-order valence-corrected chi connectivity index (χ0v) is 25.4. The number of anilines is 1. The zero-order chi connectivity index (χ0) is 34.2. The maximum absolute atomic E-state index is 15.0. The van der Waals surface area contributed by atoms with Crippen molar-refractivity contribution >= 4 is 21.2 Å². The van der Waals surface area contributed by atoms with Crippen LogP contribution in [0.5, 0.6) is 5.75 Å². The molecule has 5 N–H and O–H groups in total. The molecule has 0 fully saturated rings. The fraction of sp³-hybridized carbons (Fsp3) is 0.233. The minimum Gasteiger partial charge on any atom is -0.406 e. The van der Waals surface area contributed by atoms with Crippen LogP contribution in [0, 0.1) is 12.7 Å². The molecule has 0 aliphatic carbocycles. The second-order valence-electron chi connectivity index (χ2n) is 10.2. The first-order valence-electron chi connectivity index (χ1n) is 13.5. The number of ether oxygens (including phenoxy) is 1. The van der Waals surface area contributed by atoms with Crippen LogP contribution in [0.25, 0.3) is 22.5 Å². The number of halogens is 6. The van der Waals surface area contributed by atoms with Gasteiger partial charge in [0, 0.05) is 36.2 Å². The van der Waals surface area contributed by atoms with Crippen LogP contribution in [0.4, 0.5) is 32.0 Å². The lowest BCUT2D eigenvalue weighted by molar-refractivity contribution is -0.274. The van der Waals surface area contributed by atoms with Crippen molar-refractivity contribution in [2.45, 2.75) is 44.1 Å². The Morgan fingerprint density at radius 3 is 2.26 bits per heavy atom. The van der Waals surface area contributed by atoms with Gasteiger partial charge in [-0.25, -0.2) is 23.6 Å². The number of aryl methyl sites for hydroxylation is 1. The minimum absolute atomic E-state index is 0.0486. The van der Waals surface area contributed by atoms with E-state index in [1.165, 1.54) is 54.8 Å². The fourth-order valence-corrected chi connectivity index (χ4v) is 5.66. The molecule has 0 aliphatic heterocycles. The van der Waals surface area contributed by atoms with Crippen molar-refractivity contribution in [1.29, 1.82) is 0 Å². The molecule has 1 aromatic heterocycles. The van der Waals surface area contributed by atoms with Crippen LogP contribution < -0.4 is 21.3 Å². The lowest BCUT2D eigenvalue weighted by atomic mass is 10.0. The average Bonchev–Trinajstić information content (AvgIpc) is 3.38. The molecule has 0 amide bonds. The molecule has 0 aliphatic rings. The molecule has 0 saturated carbocycles. The van der Waals surface area contributed by atoms with Crippen LogP contribution in [-0.4, -0.2) is 35.7 Å². The Balaban J connectivity index is 1.93. The molecule has 0 saturated heterocycles. The number of alkyl halides is 5. The van der Waals surface area contributed by atoms with Gasteiger partial charge in [0.25, 0.3) is 5.92 Å². The number of hydrogen-bond donors (Lipinski definition) is 3. The highest BCUT2D eigenvalue weighted by Crippen LogP contribution is 2.38. The lowest BCUT2D eigenvalue weighted by Gasteiger charge is -2.26. The Morgan fingerprint density at radius 2 is 1.72 bits per heavy atom. The van der Waals surface area contributed by atoms with Crippen molar-refractivity contribution in [2.24, 2.45) is 11.6 Å². The van der Waals surface area contributed by atoms with E-state index in [4.69, 9.17) is 11.6 Å². The number of nitrogens with two attached hydrogens (primary N) is 2. The number of aromatic nitrogens is 2. The Hall–Kier alpha value is -4.54. The van der Waals surface area contributed by atoms with Gasteiger partial charge >= 0.3 is 6.36 Å². The van der Waals surface area contributed by atoms with Gasteiger partial charge in [-0.2, -0.15) is 8.78 Å². The summed E-state index contributed by atoms with van der Waals surface area (Å²) in [5, 5.41) is 10.6. The molecule has 46 heavy (non-hydrogen) atoms. The monoisotopic (exact) mass is 669 g/mol. The fourth-order valence-electron chi connectivity index (χ4n) is 4.71. The molecule has 0 unspecified atom stereocenters. The molecule has 16 heteroatoms. The predicted molar refractivity (Wildman–Crippen MR) is 159 cm³/mol. The highest BCUT2D eigenvalue weighted by Gasteiger charge is 2.33. The smallest absolute Gasteiger partial charge is 0.406 e. The molecule has 0 atom stereocenters. The molecule has 0 spiro atoms. The van der Waals surface area contributed by atoms with Crippen molar-refractivity contribution in [3.8, 4) is 22.6 Å². The lowest BCUT2D eigenvalue weighted by Crippen LogP contribution is -2.31. The molecular formula is C30H29F6N5O4S. The van der Waals surface area contributed by atoms with Crippen LogP contribution in [0.2, 0.25) is 0 Å². The summed E-state index contributed by atoms with van der Waals surface area (Å²) in [4.78, 5) is 3.57. The summed E-state index contributed by atoms with van der Waals surface area (Å²) in [6.07, 6.45) is -2.41. The van der Waals surface area contributed by atoms with Crippen molar-refractivity contribution in [2.75, 3.05) is 11.3 Å². The van der Waals surface area contributed by atoms with Crippen molar-refractivity contribution < 1.29 is 44.6 Å². The first-order valence-corrected chi connectivity index (χ1v) is 15.3. The first kappa shape index (κ1) is 34.3. The first-order chi connectivity index (χ1) is 21.4.